The molecule has 0 radical (unpaired) electrons. The van der Waals surface area contributed by atoms with E-state index in [9.17, 15) is 20.0 Å². The molecule has 0 spiro atoms. The van der Waals surface area contributed by atoms with Crippen LogP contribution in [0.15, 0.2) is 41.8 Å². The molecule has 1 aromatic carbocycles. The number of nitrogens with zero attached hydrogens (tertiary/aromatic N) is 1. The van der Waals surface area contributed by atoms with Gasteiger partial charge in [-0.3, -0.25) is 15.4 Å². The molecule has 1 aromatic heterocycles. The first-order valence-electron chi connectivity index (χ1n) is 6.68. The molecule has 0 aliphatic heterocycles. The van der Waals surface area contributed by atoms with Crippen LogP contribution in [0.25, 0.3) is 0 Å². The number of carbonyl (C=O) groups excluding carboxylic acids is 1. The third kappa shape index (κ3) is 5.57. The topological polar surface area (TPSA) is 114 Å². The van der Waals surface area contributed by atoms with Gasteiger partial charge in [-0.05, 0) is 29.6 Å². The van der Waals surface area contributed by atoms with Crippen LogP contribution >= 0.6 is 11.3 Å². The maximum absolute atomic E-state index is 11.6. The number of thiophene rings is 1. The molecular formula is C14H15N3O5S. The van der Waals surface area contributed by atoms with Gasteiger partial charge in [0.15, 0.2) is 0 Å². The van der Waals surface area contributed by atoms with Crippen molar-refractivity contribution in [1.29, 1.82) is 0 Å². The van der Waals surface area contributed by atoms with Gasteiger partial charge in [-0.25, -0.2) is 4.79 Å². The third-order valence-corrected chi connectivity index (χ3v) is 3.53. The summed E-state index contributed by atoms with van der Waals surface area (Å²) in [6.45, 7) is -0.0265. The lowest BCUT2D eigenvalue weighted by Crippen LogP contribution is -2.37. The Balaban J connectivity index is 1.69. The van der Waals surface area contributed by atoms with E-state index in [2.05, 4.69) is 10.6 Å². The zero-order chi connectivity index (χ0) is 16.7. The van der Waals surface area contributed by atoms with Gasteiger partial charge in [-0.15, -0.1) is 11.3 Å². The van der Waals surface area contributed by atoms with E-state index in [-0.39, 0.29) is 18.8 Å². The van der Waals surface area contributed by atoms with Gasteiger partial charge in [0.25, 0.3) is 5.69 Å². The fourth-order valence-corrected chi connectivity index (χ4v) is 2.24. The minimum atomic E-state index is -0.903. The summed E-state index contributed by atoms with van der Waals surface area (Å²) in [7, 11) is 0. The van der Waals surface area contributed by atoms with Gasteiger partial charge in [0.1, 0.15) is 18.5 Å². The summed E-state index contributed by atoms with van der Waals surface area (Å²) in [6, 6.07) is 8.68. The molecule has 2 rings (SSSR count). The maximum atomic E-state index is 11.6. The summed E-state index contributed by atoms with van der Waals surface area (Å²) in [4.78, 5) is 21.6. The molecule has 0 saturated heterocycles. The Morgan fingerprint density at radius 3 is 2.70 bits per heavy atom. The minimum Gasteiger partial charge on any atom is -0.491 e. The Bertz CT molecular complexity index is 645. The maximum Gasteiger partial charge on any atom is 0.319 e. The average Bonchev–Trinajstić information content (AvgIpc) is 3.04. The van der Waals surface area contributed by atoms with Crippen molar-refractivity contribution in [1.82, 2.24) is 5.32 Å². The van der Waals surface area contributed by atoms with Crippen molar-refractivity contribution < 1.29 is 19.6 Å². The summed E-state index contributed by atoms with van der Waals surface area (Å²) >= 11 is 1.39. The number of amides is 2. The highest BCUT2D eigenvalue weighted by molar-refractivity contribution is 7.14. The molecule has 1 heterocycles. The van der Waals surface area contributed by atoms with Crippen LogP contribution in [0.2, 0.25) is 0 Å². The number of carbonyl (C=O) groups is 1. The van der Waals surface area contributed by atoms with E-state index in [1.165, 1.54) is 35.6 Å². The first kappa shape index (κ1) is 16.7. The number of non-ortho nitro benzene ring substituents is 1. The Morgan fingerprint density at radius 2 is 2.09 bits per heavy atom. The number of hydrogen-bond acceptors (Lipinski definition) is 6. The molecule has 23 heavy (non-hydrogen) atoms. The highest BCUT2D eigenvalue weighted by Crippen LogP contribution is 2.17. The van der Waals surface area contributed by atoms with Crippen molar-refractivity contribution in [2.75, 3.05) is 18.5 Å². The van der Waals surface area contributed by atoms with E-state index in [0.29, 0.717) is 10.8 Å². The number of nitro groups is 1. The van der Waals surface area contributed by atoms with Gasteiger partial charge in [-0.1, -0.05) is 0 Å². The Kier molecular flexibility index (Phi) is 5.89. The van der Waals surface area contributed by atoms with E-state index < -0.39 is 17.1 Å². The second kappa shape index (κ2) is 8.11. The standard InChI is InChI=1S/C14H15N3O5S/c18-11(8-15-14(19)16-13-2-1-7-23-13)9-22-12-5-3-10(4-6-12)17(20)21/h1-7,11,18H,8-9H2,(H2,15,16,19)/t11-/m0/s1. The number of nitrogens with one attached hydrogen (secondary N) is 2. The van der Waals surface area contributed by atoms with Gasteiger partial charge in [0.2, 0.25) is 0 Å². The molecule has 0 bridgehead atoms. The summed E-state index contributed by atoms with van der Waals surface area (Å²) in [5.74, 6) is 0.401. The van der Waals surface area contributed by atoms with Gasteiger partial charge < -0.3 is 15.2 Å². The second-order valence-corrected chi connectivity index (χ2v) is 5.48. The highest BCUT2D eigenvalue weighted by atomic mass is 32.1. The van der Waals surface area contributed by atoms with Crippen LogP contribution in [0.3, 0.4) is 0 Å². The number of benzene rings is 1. The number of anilines is 1. The molecule has 122 valence electrons. The molecule has 0 saturated carbocycles. The van der Waals surface area contributed by atoms with Crippen LogP contribution in [0.5, 0.6) is 5.75 Å². The van der Waals surface area contributed by atoms with Crippen molar-refractivity contribution >= 4 is 28.1 Å². The molecule has 3 N–H and O–H groups in total. The van der Waals surface area contributed by atoms with E-state index in [1.54, 1.807) is 6.07 Å². The van der Waals surface area contributed by atoms with Crippen molar-refractivity contribution in [2.45, 2.75) is 6.10 Å². The Hall–Kier alpha value is -2.65. The second-order valence-electron chi connectivity index (χ2n) is 4.53. The Labute approximate surface area is 135 Å². The first-order valence-corrected chi connectivity index (χ1v) is 7.56. The van der Waals surface area contributed by atoms with Crippen molar-refractivity contribution in [3.05, 3.63) is 51.9 Å². The highest BCUT2D eigenvalue weighted by Gasteiger charge is 2.09. The third-order valence-electron chi connectivity index (χ3n) is 2.75. The van der Waals surface area contributed by atoms with Crippen LogP contribution in [0.4, 0.5) is 15.5 Å². The van der Waals surface area contributed by atoms with Crippen molar-refractivity contribution in [2.24, 2.45) is 0 Å². The molecule has 0 aliphatic carbocycles. The van der Waals surface area contributed by atoms with Crippen LogP contribution in [0, 0.1) is 10.1 Å². The minimum absolute atomic E-state index is 0.0180. The quantitative estimate of drug-likeness (QED) is 0.529. The molecule has 0 aliphatic rings. The lowest BCUT2D eigenvalue weighted by Gasteiger charge is -2.13. The molecule has 0 fully saturated rings. The molecule has 9 heteroatoms. The summed E-state index contributed by atoms with van der Waals surface area (Å²) in [5.41, 5.74) is -0.0372. The largest absolute Gasteiger partial charge is 0.491 e. The number of aliphatic hydroxyl groups excluding tert-OH is 1. The zero-order valence-electron chi connectivity index (χ0n) is 12.0. The fraction of sp³-hybridized carbons (Fsp3) is 0.214. The SMILES string of the molecule is O=C(NC[C@H](O)COc1ccc([N+](=O)[O-])cc1)Nc1cccs1. The molecule has 2 amide bonds. The number of rotatable bonds is 7. The van der Waals surface area contributed by atoms with Crippen LogP contribution in [-0.2, 0) is 0 Å². The van der Waals surface area contributed by atoms with Crippen molar-refractivity contribution in [3.8, 4) is 5.75 Å². The van der Waals surface area contributed by atoms with E-state index >= 15 is 0 Å². The molecule has 0 unspecified atom stereocenters. The molecular weight excluding hydrogens is 322 g/mol. The molecule has 8 nitrogen and oxygen atoms in total. The van der Waals surface area contributed by atoms with E-state index in [4.69, 9.17) is 4.74 Å². The summed E-state index contributed by atoms with van der Waals surface area (Å²) in [6.07, 6.45) is -0.903. The first-order chi connectivity index (χ1) is 11.0. The summed E-state index contributed by atoms with van der Waals surface area (Å²) < 4.78 is 5.30. The molecule has 2 aromatic rings. The predicted octanol–water partition coefficient (Wildman–Crippen LogP) is 2.22. The fourth-order valence-electron chi connectivity index (χ4n) is 1.63. The average molecular weight is 337 g/mol. The normalized spacial score (nSPS) is 11.5. The van der Waals surface area contributed by atoms with Crippen molar-refractivity contribution in [3.63, 3.8) is 0 Å². The Morgan fingerprint density at radius 1 is 1.35 bits per heavy atom. The van der Waals surface area contributed by atoms with Gasteiger partial charge >= 0.3 is 6.03 Å². The van der Waals surface area contributed by atoms with Crippen LogP contribution < -0.4 is 15.4 Å². The smallest absolute Gasteiger partial charge is 0.319 e. The van der Waals surface area contributed by atoms with Gasteiger partial charge in [-0.2, -0.15) is 0 Å². The number of nitro benzene ring substituents is 1. The van der Waals surface area contributed by atoms with Gasteiger partial charge in [0, 0.05) is 18.7 Å². The van der Waals surface area contributed by atoms with Crippen LogP contribution in [-0.4, -0.2) is 35.3 Å². The monoisotopic (exact) mass is 337 g/mol. The lowest BCUT2D eigenvalue weighted by molar-refractivity contribution is -0.384. The number of urea groups is 1. The summed E-state index contributed by atoms with van der Waals surface area (Å²) in [5, 5.41) is 28.0. The number of hydrogen-bond donors (Lipinski definition) is 3. The zero-order valence-corrected chi connectivity index (χ0v) is 12.8. The predicted molar refractivity (Wildman–Crippen MR) is 85.9 cm³/mol. The molecule has 1 atom stereocenters. The van der Waals surface area contributed by atoms with E-state index in [1.807, 2.05) is 11.4 Å². The number of aliphatic hydroxyl groups is 1. The lowest BCUT2D eigenvalue weighted by atomic mass is 10.3. The van der Waals surface area contributed by atoms with Gasteiger partial charge in [0.05, 0.1) is 9.92 Å². The number of ether oxygens (including phenoxy) is 1. The van der Waals surface area contributed by atoms with Crippen LogP contribution in [0.1, 0.15) is 0 Å². The van der Waals surface area contributed by atoms with E-state index in [0.717, 1.165) is 0 Å².